The first-order valence-electron chi connectivity index (χ1n) is 11.5. The van der Waals surface area contributed by atoms with E-state index in [4.69, 9.17) is 12.2 Å². The molecular weight excluding hydrogens is 386 g/mol. The van der Waals surface area contributed by atoms with Crippen molar-refractivity contribution in [3.63, 3.8) is 0 Å². The lowest BCUT2D eigenvalue weighted by Crippen LogP contribution is -2.50. The first kappa shape index (κ1) is 22.3. The minimum absolute atomic E-state index is 0.0753. The molecule has 0 heterocycles. The van der Waals surface area contributed by atoms with E-state index in [0.29, 0.717) is 18.5 Å². The minimum Gasteiger partial charge on any atom is -0.360 e. The molecule has 3 aliphatic rings. The Hall–Kier alpha value is -1.41. The number of thiocarbonyl (C=S) groups is 1. The molecule has 0 aromatic carbocycles. The Morgan fingerprint density at radius 1 is 0.724 bits per heavy atom. The third-order valence-corrected chi connectivity index (χ3v) is 6.98. The van der Waals surface area contributed by atoms with Gasteiger partial charge in [0.1, 0.15) is 0 Å². The first-order valence-corrected chi connectivity index (χ1v) is 11.9. The first-order chi connectivity index (χ1) is 14.1. The largest absolute Gasteiger partial charge is 0.360 e. The summed E-state index contributed by atoms with van der Waals surface area (Å²) in [5.41, 5.74) is 5.54. The molecule has 7 nitrogen and oxygen atoms in total. The molecule has 8 heteroatoms. The molecule has 29 heavy (non-hydrogen) atoms. The molecule has 3 rings (SSSR count). The van der Waals surface area contributed by atoms with Crippen molar-refractivity contribution in [2.75, 3.05) is 0 Å². The molecule has 164 valence electrons. The molecule has 2 amide bonds. The number of hydrazine groups is 1. The Morgan fingerprint density at radius 3 is 2.07 bits per heavy atom. The second-order valence-electron chi connectivity index (χ2n) is 8.98. The van der Waals surface area contributed by atoms with Gasteiger partial charge in [-0.25, -0.2) is 5.43 Å². The van der Waals surface area contributed by atoms with Crippen LogP contribution in [0, 0.1) is 5.92 Å². The molecule has 5 N–H and O–H groups in total. The van der Waals surface area contributed by atoms with E-state index in [2.05, 4.69) is 26.8 Å². The van der Waals surface area contributed by atoms with Crippen LogP contribution in [0.1, 0.15) is 83.5 Å². The second kappa shape index (κ2) is 11.7. The standard InChI is InChI=1S/C21H37N5O2S/c27-14-22-26-18-11-9-17(10-12-18)23-20(28)15-5-4-8-19(13-15)25-21(29)24-16-6-2-1-3-7-16/h14-19,26H,1-13H2,(H,22,27)(H,23,28)(H2,24,25,29). The Bertz CT molecular complexity index is 547. The monoisotopic (exact) mass is 423 g/mol. The van der Waals surface area contributed by atoms with Gasteiger partial charge in [-0.1, -0.05) is 25.7 Å². The van der Waals surface area contributed by atoms with Crippen molar-refractivity contribution in [3.8, 4) is 0 Å². The van der Waals surface area contributed by atoms with Gasteiger partial charge in [-0.2, -0.15) is 0 Å². The summed E-state index contributed by atoms with van der Waals surface area (Å²) < 4.78 is 0. The summed E-state index contributed by atoms with van der Waals surface area (Å²) in [7, 11) is 0. The Morgan fingerprint density at radius 2 is 1.34 bits per heavy atom. The lowest BCUT2D eigenvalue weighted by molar-refractivity contribution is -0.127. The lowest BCUT2D eigenvalue weighted by atomic mass is 9.84. The van der Waals surface area contributed by atoms with Crippen LogP contribution < -0.4 is 26.8 Å². The maximum atomic E-state index is 12.8. The zero-order chi connectivity index (χ0) is 20.5. The highest BCUT2D eigenvalue weighted by atomic mass is 32.1. The predicted molar refractivity (Wildman–Crippen MR) is 118 cm³/mol. The van der Waals surface area contributed by atoms with Crippen molar-refractivity contribution in [3.05, 3.63) is 0 Å². The van der Waals surface area contributed by atoms with Crippen molar-refractivity contribution < 1.29 is 9.59 Å². The summed E-state index contributed by atoms with van der Waals surface area (Å²) in [6, 6.07) is 1.35. The van der Waals surface area contributed by atoms with Crippen LogP contribution in [0.2, 0.25) is 0 Å². The molecule has 0 saturated heterocycles. The molecule has 3 saturated carbocycles. The Kier molecular flexibility index (Phi) is 8.98. The fourth-order valence-corrected chi connectivity index (χ4v) is 5.40. The fourth-order valence-electron chi connectivity index (χ4n) is 5.07. The number of hydrogen-bond donors (Lipinski definition) is 5. The van der Waals surface area contributed by atoms with Crippen molar-refractivity contribution in [1.29, 1.82) is 0 Å². The van der Waals surface area contributed by atoms with E-state index in [1.807, 2.05) is 0 Å². The van der Waals surface area contributed by atoms with Crippen molar-refractivity contribution in [2.24, 2.45) is 5.92 Å². The van der Waals surface area contributed by atoms with E-state index in [0.717, 1.165) is 56.5 Å². The third kappa shape index (κ3) is 7.41. The average Bonchev–Trinajstić information content (AvgIpc) is 2.74. The van der Waals surface area contributed by atoms with E-state index in [1.165, 1.54) is 32.1 Å². The maximum absolute atomic E-state index is 12.8. The van der Waals surface area contributed by atoms with Crippen LogP contribution in [0.5, 0.6) is 0 Å². The van der Waals surface area contributed by atoms with Gasteiger partial charge in [0.05, 0.1) is 0 Å². The van der Waals surface area contributed by atoms with Gasteiger partial charge in [0.15, 0.2) is 5.11 Å². The highest BCUT2D eigenvalue weighted by Gasteiger charge is 2.30. The molecule has 2 atom stereocenters. The molecule has 0 bridgehead atoms. The highest BCUT2D eigenvalue weighted by molar-refractivity contribution is 7.80. The van der Waals surface area contributed by atoms with Gasteiger partial charge in [-0.3, -0.25) is 15.0 Å². The SMILES string of the molecule is O=CNNC1CCC(NC(=O)C2CCCC(NC(=S)NC3CCCCC3)C2)CC1. The molecule has 3 fully saturated rings. The quantitative estimate of drug-likeness (QED) is 0.244. The summed E-state index contributed by atoms with van der Waals surface area (Å²) in [6.45, 7) is 0. The van der Waals surface area contributed by atoms with Crippen LogP contribution >= 0.6 is 12.2 Å². The van der Waals surface area contributed by atoms with E-state index < -0.39 is 0 Å². The van der Waals surface area contributed by atoms with Gasteiger partial charge in [-0.15, -0.1) is 0 Å². The summed E-state index contributed by atoms with van der Waals surface area (Å²) >= 11 is 5.54. The maximum Gasteiger partial charge on any atom is 0.223 e. The van der Waals surface area contributed by atoms with Crippen LogP contribution in [-0.2, 0) is 9.59 Å². The van der Waals surface area contributed by atoms with Gasteiger partial charge < -0.3 is 16.0 Å². The van der Waals surface area contributed by atoms with E-state index in [1.54, 1.807) is 0 Å². The number of nitrogens with one attached hydrogen (secondary N) is 5. The highest BCUT2D eigenvalue weighted by Crippen LogP contribution is 2.26. The van der Waals surface area contributed by atoms with Crippen molar-refractivity contribution >= 4 is 29.6 Å². The lowest BCUT2D eigenvalue weighted by Gasteiger charge is -2.34. The van der Waals surface area contributed by atoms with Crippen molar-refractivity contribution in [2.45, 2.75) is 108 Å². The summed E-state index contributed by atoms with van der Waals surface area (Å²) in [5, 5.41) is 11.0. The molecule has 3 aliphatic carbocycles. The summed E-state index contributed by atoms with van der Waals surface area (Å²) in [6.07, 6.45) is 14.8. The topological polar surface area (TPSA) is 94.3 Å². The predicted octanol–water partition coefficient (Wildman–Crippen LogP) is 2.02. The van der Waals surface area contributed by atoms with Crippen LogP contribution in [0.4, 0.5) is 0 Å². The van der Waals surface area contributed by atoms with Gasteiger partial charge in [0.25, 0.3) is 0 Å². The van der Waals surface area contributed by atoms with Crippen LogP contribution in [0.25, 0.3) is 0 Å². The number of amides is 2. The number of hydrogen-bond acceptors (Lipinski definition) is 4. The van der Waals surface area contributed by atoms with Gasteiger partial charge in [0.2, 0.25) is 12.3 Å². The minimum atomic E-state index is 0.0753. The molecule has 0 spiro atoms. The molecule has 0 aliphatic heterocycles. The summed E-state index contributed by atoms with van der Waals surface area (Å²) in [4.78, 5) is 23.2. The average molecular weight is 424 g/mol. The molecule has 0 aromatic rings. The van der Waals surface area contributed by atoms with Gasteiger partial charge in [0, 0.05) is 30.1 Å². The zero-order valence-corrected chi connectivity index (χ0v) is 18.2. The van der Waals surface area contributed by atoms with Crippen LogP contribution in [0.3, 0.4) is 0 Å². The zero-order valence-electron chi connectivity index (χ0n) is 17.4. The van der Waals surface area contributed by atoms with Gasteiger partial charge >= 0.3 is 0 Å². The number of carbonyl (C=O) groups excluding carboxylic acids is 2. The number of rotatable bonds is 7. The third-order valence-electron chi connectivity index (χ3n) is 6.74. The number of carbonyl (C=O) groups is 2. The van der Waals surface area contributed by atoms with Crippen LogP contribution in [-0.4, -0.2) is 41.6 Å². The second-order valence-corrected chi connectivity index (χ2v) is 9.39. The van der Waals surface area contributed by atoms with E-state index in [-0.39, 0.29) is 23.9 Å². The molecular formula is C21H37N5O2S. The smallest absolute Gasteiger partial charge is 0.223 e. The molecule has 2 unspecified atom stereocenters. The van der Waals surface area contributed by atoms with E-state index in [9.17, 15) is 9.59 Å². The summed E-state index contributed by atoms with van der Waals surface area (Å²) in [5.74, 6) is 0.274. The van der Waals surface area contributed by atoms with Crippen LogP contribution in [0.15, 0.2) is 0 Å². The molecule has 0 radical (unpaired) electrons. The van der Waals surface area contributed by atoms with Gasteiger partial charge in [-0.05, 0) is 70.0 Å². The normalized spacial score (nSPS) is 30.8. The van der Waals surface area contributed by atoms with E-state index >= 15 is 0 Å². The Balaban J connectivity index is 1.36. The Labute approximate surface area is 179 Å². The van der Waals surface area contributed by atoms with Crippen molar-refractivity contribution in [1.82, 2.24) is 26.8 Å². The molecule has 0 aromatic heterocycles. The fraction of sp³-hybridized carbons (Fsp3) is 0.857.